The molecule has 0 spiro atoms. The van der Waals surface area contributed by atoms with E-state index in [1.54, 1.807) is 11.8 Å². The van der Waals surface area contributed by atoms with Crippen molar-refractivity contribution in [1.82, 2.24) is 10.6 Å². The van der Waals surface area contributed by atoms with Crippen LogP contribution < -0.4 is 10.6 Å². The maximum absolute atomic E-state index is 11.6. The zero-order valence-electron chi connectivity index (χ0n) is 12.2. The van der Waals surface area contributed by atoms with Crippen LogP contribution in [0.15, 0.2) is 29.2 Å². The van der Waals surface area contributed by atoms with Crippen molar-refractivity contribution in [2.24, 2.45) is 0 Å². The summed E-state index contributed by atoms with van der Waals surface area (Å²) in [6.45, 7) is 9.08. The summed E-state index contributed by atoms with van der Waals surface area (Å²) >= 11 is 1.58. The molecule has 0 saturated carbocycles. The van der Waals surface area contributed by atoms with E-state index in [9.17, 15) is 4.79 Å². The van der Waals surface area contributed by atoms with Gasteiger partial charge in [0.2, 0.25) is 5.91 Å². The van der Waals surface area contributed by atoms with Crippen molar-refractivity contribution < 1.29 is 4.79 Å². The molecule has 0 heterocycles. The van der Waals surface area contributed by atoms with Gasteiger partial charge in [0.25, 0.3) is 0 Å². The maximum Gasteiger partial charge on any atom is 0.230 e. The minimum absolute atomic E-state index is 0.0886. The fourth-order valence-corrected chi connectivity index (χ4v) is 2.37. The normalized spacial score (nSPS) is 11.1. The van der Waals surface area contributed by atoms with Gasteiger partial charge in [0.05, 0.1) is 5.75 Å². The van der Waals surface area contributed by atoms with Crippen molar-refractivity contribution in [2.45, 2.75) is 51.2 Å². The lowest BCUT2D eigenvalue weighted by Gasteiger charge is -2.10. The highest BCUT2D eigenvalue weighted by Crippen LogP contribution is 2.19. The van der Waals surface area contributed by atoms with E-state index in [1.165, 1.54) is 5.56 Å². The molecule has 0 aromatic heterocycles. The molecule has 19 heavy (non-hydrogen) atoms. The van der Waals surface area contributed by atoms with Crippen LogP contribution in [0.2, 0.25) is 0 Å². The van der Waals surface area contributed by atoms with Gasteiger partial charge in [-0.25, -0.2) is 0 Å². The zero-order valence-corrected chi connectivity index (χ0v) is 13.0. The number of carbonyl (C=O) groups is 1. The van der Waals surface area contributed by atoms with Gasteiger partial charge in [0.1, 0.15) is 0 Å². The highest BCUT2D eigenvalue weighted by atomic mass is 32.2. The first-order chi connectivity index (χ1) is 8.97. The molecule has 0 radical (unpaired) electrons. The summed E-state index contributed by atoms with van der Waals surface area (Å²) in [7, 11) is 0. The Kier molecular flexibility index (Phi) is 6.95. The standard InChI is InChI=1S/C15H24N2OS/c1-11(2)16-9-13-6-5-7-14(8-13)19-10-15(18)17-12(3)4/h5-8,11-12,16H,9-10H2,1-4H3,(H,17,18). The molecule has 1 amide bonds. The molecule has 0 atom stereocenters. The summed E-state index contributed by atoms with van der Waals surface area (Å²) in [4.78, 5) is 12.7. The smallest absolute Gasteiger partial charge is 0.230 e. The van der Waals surface area contributed by atoms with Crippen molar-refractivity contribution >= 4 is 17.7 Å². The number of carbonyl (C=O) groups excluding carboxylic acids is 1. The van der Waals surface area contributed by atoms with E-state index >= 15 is 0 Å². The van der Waals surface area contributed by atoms with Gasteiger partial charge in [0.15, 0.2) is 0 Å². The van der Waals surface area contributed by atoms with Gasteiger partial charge in [0, 0.05) is 23.5 Å². The second-order valence-corrected chi connectivity index (χ2v) is 6.24. The fraction of sp³-hybridized carbons (Fsp3) is 0.533. The number of nitrogens with one attached hydrogen (secondary N) is 2. The molecule has 0 unspecified atom stereocenters. The molecule has 0 fully saturated rings. The Hall–Kier alpha value is -1.00. The largest absolute Gasteiger partial charge is 0.353 e. The molecule has 0 aliphatic carbocycles. The van der Waals surface area contributed by atoms with Gasteiger partial charge >= 0.3 is 0 Å². The minimum atomic E-state index is 0.0886. The topological polar surface area (TPSA) is 41.1 Å². The van der Waals surface area contributed by atoms with Crippen LogP contribution in [0.5, 0.6) is 0 Å². The van der Waals surface area contributed by atoms with Gasteiger partial charge < -0.3 is 10.6 Å². The summed E-state index contributed by atoms with van der Waals surface area (Å²) in [5, 5.41) is 6.29. The van der Waals surface area contributed by atoms with Gasteiger partial charge in [-0.1, -0.05) is 26.0 Å². The van der Waals surface area contributed by atoms with Crippen molar-refractivity contribution in [3.63, 3.8) is 0 Å². The van der Waals surface area contributed by atoms with Crippen LogP contribution in [-0.4, -0.2) is 23.7 Å². The minimum Gasteiger partial charge on any atom is -0.353 e. The molecule has 0 bridgehead atoms. The van der Waals surface area contributed by atoms with E-state index in [2.05, 4.69) is 36.6 Å². The van der Waals surface area contributed by atoms with Crippen molar-refractivity contribution in [3.05, 3.63) is 29.8 Å². The summed E-state index contributed by atoms with van der Waals surface area (Å²) in [6.07, 6.45) is 0. The Morgan fingerprint density at radius 2 is 1.95 bits per heavy atom. The zero-order chi connectivity index (χ0) is 14.3. The van der Waals surface area contributed by atoms with E-state index in [4.69, 9.17) is 0 Å². The third kappa shape index (κ3) is 7.23. The molecular weight excluding hydrogens is 256 g/mol. The summed E-state index contributed by atoms with van der Waals surface area (Å²) in [6, 6.07) is 9.02. The van der Waals surface area contributed by atoms with Gasteiger partial charge in [-0.05, 0) is 31.5 Å². The molecule has 0 aliphatic rings. The van der Waals surface area contributed by atoms with Gasteiger partial charge in [-0.15, -0.1) is 11.8 Å². The molecule has 1 aromatic carbocycles. The van der Waals surface area contributed by atoms with E-state index < -0.39 is 0 Å². The van der Waals surface area contributed by atoms with Crippen molar-refractivity contribution in [1.29, 1.82) is 0 Å². The van der Waals surface area contributed by atoms with Crippen LogP contribution in [0.4, 0.5) is 0 Å². The Balaban J connectivity index is 2.45. The summed E-state index contributed by atoms with van der Waals surface area (Å²) < 4.78 is 0. The molecular formula is C15H24N2OS. The SMILES string of the molecule is CC(C)NCc1cccc(SCC(=O)NC(C)C)c1. The van der Waals surface area contributed by atoms with Gasteiger partial charge in [-0.3, -0.25) is 4.79 Å². The number of hydrogen-bond donors (Lipinski definition) is 2. The van der Waals surface area contributed by atoms with Crippen LogP contribution in [0.1, 0.15) is 33.3 Å². The maximum atomic E-state index is 11.6. The summed E-state index contributed by atoms with van der Waals surface area (Å²) in [5.74, 6) is 0.560. The van der Waals surface area contributed by atoms with Crippen LogP contribution in [-0.2, 0) is 11.3 Å². The van der Waals surface area contributed by atoms with E-state index in [0.29, 0.717) is 11.8 Å². The van der Waals surface area contributed by atoms with Crippen molar-refractivity contribution in [3.8, 4) is 0 Å². The number of hydrogen-bond acceptors (Lipinski definition) is 3. The molecule has 1 aromatic rings. The Labute approximate surface area is 120 Å². The molecule has 0 saturated heterocycles. The number of amides is 1. The van der Waals surface area contributed by atoms with E-state index in [0.717, 1.165) is 11.4 Å². The third-order valence-electron chi connectivity index (χ3n) is 2.43. The van der Waals surface area contributed by atoms with Crippen LogP contribution in [0, 0.1) is 0 Å². The summed E-state index contributed by atoms with van der Waals surface area (Å²) in [5.41, 5.74) is 1.25. The van der Waals surface area contributed by atoms with E-state index in [1.807, 2.05) is 26.0 Å². The average molecular weight is 280 g/mol. The number of benzene rings is 1. The predicted molar refractivity (Wildman–Crippen MR) is 82.4 cm³/mol. The second kappa shape index (κ2) is 8.23. The Morgan fingerprint density at radius 3 is 2.58 bits per heavy atom. The first-order valence-corrected chi connectivity index (χ1v) is 7.70. The van der Waals surface area contributed by atoms with Crippen LogP contribution >= 0.6 is 11.8 Å². The predicted octanol–water partition coefficient (Wildman–Crippen LogP) is 2.80. The Bertz CT molecular complexity index is 405. The Morgan fingerprint density at radius 1 is 1.21 bits per heavy atom. The lowest BCUT2D eigenvalue weighted by molar-refractivity contribution is -0.119. The molecule has 106 valence electrons. The first-order valence-electron chi connectivity index (χ1n) is 6.72. The van der Waals surface area contributed by atoms with Crippen LogP contribution in [0.25, 0.3) is 0 Å². The first kappa shape index (κ1) is 16.1. The molecule has 0 aliphatic heterocycles. The number of rotatable bonds is 7. The highest BCUT2D eigenvalue weighted by molar-refractivity contribution is 8.00. The quantitative estimate of drug-likeness (QED) is 0.755. The third-order valence-corrected chi connectivity index (χ3v) is 3.43. The molecule has 1 rings (SSSR count). The number of thioether (sulfide) groups is 1. The molecule has 2 N–H and O–H groups in total. The van der Waals surface area contributed by atoms with Gasteiger partial charge in [-0.2, -0.15) is 0 Å². The highest BCUT2D eigenvalue weighted by Gasteiger charge is 2.05. The van der Waals surface area contributed by atoms with E-state index in [-0.39, 0.29) is 11.9 Å². The lowest BCUT2D eigenvalue weighted by atomic mass is 10.2. The molecule has 3 nitrogen and oxygen atoms in total. The monoisotopic (exact) mass is 280 g/mol. The van der Waals surface area contributed by atoms with Crippen LogP contribution in [0.3, 0.4) is 0 Å². The molecule has 4 heteroatoms. The van der Waals surface area contributed by atoms with Crippen molar-refractivity contribution in [2.75, 3.05) is 5.75 Å². The second-order valence-electron chi connectivity index (χ2n) is 5.19. The fourth-order valence-electron chi connectivity index (χ4n) is 1.58. The lowest BCUT2D eigenvalue weighted by Crippen LogP contribution is -2.31. The average Bonchev–Trinajstić information content (AvgIpc) is 2.34.